The van der Waals surface area contributed by atoms with Crippen LogP contribution in [0, 0.1) is 18.3 Å². The quantitative estimate of drug-likeness (QED) is 0.628. The van der Waals surface area contributed by atoms with E-state index in [-0.39, 0.29) is 11.5 Å². The van der Waals surface area contributed by atoms with Crippen molar-refractivity contribution in [3.05, 3.63) is 11.6 Å². The Morgan fingerprint density at radius 1 is 1.32 bits per heavy atom. The molecule has 2 heterocycles. The first-order valence-corrected chi connectivity index (χ1v) is 9.31. The van der Waals surface area contributed by atoms with Gasteiger partial charge in [0.1, 0.15) is 12.4 Å². The maximum absolute atomic E-state index is 6.07. The van der Waals surface area contributed by atoms with Crippen molar-refractivity contribution in [2.24, 2.45) is 23.4 Å². The molecule has 1 aliphatic rings. The van der Waals surface area contributed by atoms with Crippen LogP contribution in [0.5, 0.6) is 0 Å². The second-order valence-electron chi connectivity index (χ2n) is 7.86. The van der Waals surface area contributed by atoms with Crippen LogP contribution in [0.15, 0.2) is 4.99 Å². The summed E-state index contributed by atoms with van der Waals surface area (Å²) in [5, 5.41) is 15.1. The van der Waals surface area contributed by atoms with Crippen LogP contribution in [0.2, 0.25) is 0 Å². The van der Waals surface area contributed by atoms with Gasteiger partial charge in [0.05, 0.1) is 6.10 Å². The van der Waals surface area contributed by atoms with Crippen molar-refractivity contribution in [2.45, 2.75) is 60.1 Å². The van der Waals surface area contributed by atoms with Crippen molar-refractivity contribution in [3.8, 4) is 0 Å². The fourth-order valence-electron chi connectivity index (χ4n) is 3.32. The van der Waals surface area contributed by atoms with Crippen LogP contribution in [0.4, 0.5) is 0 Å². The van der Waals surface area contributed by atoms with Gasteiger partial charge in [0.2, 0.25) is 0 Å². The average Bonchev–Trinajstić information content (AvgIpc) is 2.88. The van der Waals surface area contributed by atoms with E-state index in [0.717, 1.165) is 43.7 Å². The summed E-state index contributed by atoms with van der Waals surface area (Å²) >= 11 is 0. The van der Waals surface area contributed by atoms with Gasteiger partial charge in [0.15, 0.2) is 11.8 Å². The molecule has 0 aliphatic carbocycles. The number of guanidine groups is 1. The highest BCUT2D eigenvalue weighted by Crippen LogP contribution is 2.33. The Bertz CT molecular complexity index is 575. The monoisotopic (exact) mass is 350 g/mol. The lowest BCUT2D eigenvalue weighted by molar-refractivity contribution is -0.0835. The lowest BCUT2D eigenvalue weighted by Gasteiger charge is -2.40. The fraction of sp³-hybridized carbons (Fsp3) is 0.833. The van der Waals surface area contributed by atoms with Gasteiger partial charge in [-0.05, 0) is 32.1 Å². The predicted octanol–water partition coefficient (Wildman–Crippen LogP) is 2.02. The molecule has 0 aromatic carbocycles. The van der Waals surface area contributed by atoms with Gasteiger partial charge < -0.3 is 19.9 Å². The van der Waals surface area contributed by atoms with E-state index < -0.39 is 0 Å². The van der Waals surface area contributed by atoms with Crippen LogP contribution in [0.25, 0.3) is 0 Å². The van der Waals surface area contributed by atoms with Gasteiger partial charge in [-0.25, -0.2) is 4.99 Å². The third kappa shape index (κ3) is 5.42. The summed E-state index contributed by atoms with van der Waals surface area (Å²) in [4.78, 5) is 4.66. The zero-order valence-corrected chi connectivity index (χ0v) is 16.6. The molecule has 7 nitrogen and oxygen atoms in total. The molecule has 2 N–H and O–H groups in total. The largest absolute Gasteiger partial charge is 0.377 e. The first kappa shape index (κ1) is 19.7. The summed E-state index contributed by atoms with van der Waals surface area (Å²) in [6.45, 7) is 13.9. The number of rotatable bonds is 5. The minimum absolute atomic E-state index is 0.151. The summed E-state index contributed by atoms with van der Waals surface area (Å²) in [7, 11) is 1.97. The van der Waals surface area contributed by atoms with E-state index in [1.165, 1.54) is 6.42 Å². The Kier molecular flexibility index (Phi) is 6.81. The van der Waals surface area contributed by atoms with E-state index in [9.17, 15) is 0 Å². The number of nitrogens with one attached hydrogen (secondary N) is 2. The molecule has 2 atom stereocenters. The summed E-state index contributed by atoms with van der Waals surface area (Å²) in [5.41, 5.74) is 0.151. The van der Waals surface area contributed by atoms with Crippen molar-refractivity contribution < 1.29 is 4.74 Å². The Labute approximate surface area is 151 Å². The summed E-state index contributed by atoms with van der Waals surface area (Å²) < 4.78 is 8.04. The molecule has 0 amide bonds. The van der Waals surface area contributed by atoms with E-state index >= 15 is 0 Å². The zero-order chi connectivity index (χ0) is 18.4. The van der Waals surface area contributed by atoms with Crippen molar-refractivity contribution in [2.75, 3.05) is 19.7 Å². The summed E-state index contributed by atoms with van der Waals surface area (Å²) in [6.07, 6.45) is 2.60. The molecule has 7 heteroatoms. The molecule has 1 fully saturated rings. The Balaban J connectivity index is 1.98. The molecule has 1 aromatic heterocycles. The number of hydrogen-bond donors (Lipinski definition) is 2. The van der Waals surface area contributed by atoms with Crippen LogP contribution >= 0.6 is 0 Å². The van der Waals surface area contributed by atoms with Gasteiger partial charge in [0.25, 0.3) is 0 Å². The molecule has 0 bridgehead atoms. The van der Waals surface area contributed by atoms with Gasteiger partial charge in [-0.2, -0.15) is 0 Å². The van der Waals surface area contributed by atoms with Gasteiger partial charge in [-0.15, -0.1) is 10.2 Å². The van der Waals surface area contributed by atoms with E-state index in [4.69, 9.17) is 4.74 Å². The lowest BCUT2D eigenvalue weighted by Crippen LogP contribution is -2.47. The number of aliphatic imine (C=N–C) groups is 1. The summed E-state index contributed by atoms with van der Waals surface area (Å²) in [5.74, 6) is 3.08. The smallest absolute Gasteiger partial charge is 0.191 e. The van der Waals surface area contributed by atoms with Crippen molar-refractivity contribution in [3.63, 3.8) is 0 Å². The third-order valence-electron chi connectivity index (χ3n) is 4.74. The minimum Gasteiger partial charge on any atom is -0.377 e. The topological polar surface area (TPSA) is 76.4 Å². The third-order valence-corrected chi connectivity index (χ3v) is 4.74. The Morgan fingerprint density at radius 3 is 2.68 bits per heavy atom. The van der Waals surface area contributed by atoms with Crippen LogP contribution < -0.4 is 10.6 Å². The fourth-order valence-corrected chi connectivity index (χ4v) is 3.32. The molecule has 25 heavy (non-hydrogen) atoms. The average molecular weight is 351 g/mol. The minimum atomic E-state index is 0.151. The van der Waals surface area contributed by atoms with E-state index in [0.29, 0.717) is 12.5 Å². The standard InChI is InChI=1S/C18H34N6O/c1-7-19-17(21-12-15-23-22-13(2)24(15)6)20-11-14-9-8-10-25-16(14)18(3,4)5/h14,16H,7-12H2,1-6H3,(H2,19,20,21). The van der Waals surface area contributed by atoms with Crippen molar-refractivity contribution in [1.82, 2.24) is 25.4 Å². The first-order chi connectivity index (χ1) is 11.8. The lowest BCUT2D eigenvalue weighted by atomic mass is 9.78. The highest BCUT2D eigenvalue weighted by atomic mass is 16.5. The first-order valence-electron chi connectivity index (χ1n) is 9.31. The molecule has 2 unspecified atom stereocenters. The van der Waals surface area contributed by atoms with Gasteiger partial charge >= 0.3 is 0 Å². The number of nitrogens with zero attached hydrogens (tertiary/aromatic N) is 4. The van der Waals surface area contributed by atoms with Crippen LogP contribution in [0.3, 0.4) is 0 Å². The predicted molar refractivity (Wildman–Crippen MR) is 100 cm³/mol. The van der Waals surface area contributed by atoms with Crippen LogP contribution in [-0.4, -0.2) is 46.5 Å². The maximum Gasteiger partial charge on any atom is 0.191 e. The van der Waals surface area contributed by atoms with Gasteiger partial charge in [-0.1, -0.05) is 20.8 Å². The highest BCUT2D eigenvalue weighted by molar-refractivity contribution is 5.79. The van der Waals surface area contributed by atoms with Crippen LogP contribution in [-0.2, 0) is 18.3 Å². The second-order valence-corrected chi connectivity index (χ2v) is 7.86. The zero-order valence-electron chi connectivity index (χ0n) is 16.6. The van der Waals surface area contributed by atoms with Crippen molar-refractivity contribution >= 4 is 5.96 Å². The van der Waals surface area contributed by atoms with E-state index in [1.807, 2.05) is 18.5 Å². The maximum atomic E-state index is 6.07. The van der Waals surface area contributed by atoms with Gasteiger partial charge in [0, 0.05) is 32.7 Å². The molecule has 0 saturated carbocycles. The molecule has 142 valence electrons. The number of hydrogen-bond acceptors (Lipinski definition) is 4. The van der Waals surface area contributed by atoms with Crippen LogP contribution in [0.1, 0.15) is 52.2 Å². The molecule has 0 radical (unpaired) electrons. The normalized spacial score (nSPS) is 22.1. The molecular formula is C18H34N6O. The van der Waals surface area contributed by atoms with E-state index in [2.05, 4.69) is 53.5 Å². The molecule has 2 rings (SSSR count). The summed E-state index contributed by atoms with van der Waals surface area (Å²) in [6, 6.07) is 0. The Morgan fingerprint density at radius 2 is 2.08 bits per heavy atom. The molecule has 1 saturated heterocycles. The number of aromatic nitrogens is 3. The second kappa shape index (κ2) is 8.65. The van der Waals surface area contributed by atoms with Gasteiger partial charge in [-0.3, -0.25) is 0 Å². The SMILES string of the molecule is CCNC(=NCc1nnc(C)n1C)NCC1CCCOC1C(C)(C)C. The number of aryl methyl sites for hydroxylation is 1. The molecule has 1 aromatic rings. The molecule has 0 spiro atoms. The number of ether oxygens (including phenoxy) is 1. The van der Waals surface area contributed by atoms with Crippen molar-refractivity contribution in [1.29, 1.82) is 0 Å². The highest BCUT2D eigenvalue weighted by Gasteiger charge is 2.35. The molecular weight excluding hydrogens is 316 g/mol. The van der Waals surface area contributed by atoms with E-state index in [1.54, 1.807) is 0 Å². The Hall–Kier alpha value is -1.63. The molecule has 1 aliphatic heterocycles.